The zero-order valence-corrected chi connectivity index (χ0v) is 11.0. The van der Waals surface area contributed by atoms with E-state index in [1.54, 1.807) is 0 Å². The largest absolute Gasteiger partial charge is 0.0837 e. The summed E-state index contributed by atoms with van der Waals surface area (Å²) in [6, 6.07) is 10.3. The van der Waals surface area contributed by atoms with Crippen molar-refractivity contribution in [3.63, 3.8) is 0 Å². The van der Waals surface area contributed by atoms with Crippen LogP contribution in [0.5, 0.6) is 0 Å². The van der Waals surface area contributed by atoms with Crippen LogP contribution in [-0.4, -0.2) is 0 Å². The third-order valence-corrected chi connectivity index (χ3v) is 3.16. The standard InChI is InChI=1S/C15H19Cl/c1-4-9-14(15(16)12(3)5-2)13-10-7-6-8-11-13/h6-11H,4-5H2,1-3H3/b14-9-,15-12+. The fraction of sp³-hybridized carbons (Fsp3) is 0.333. The second kappa shape index (κ2) is 6.55. The van der Waals surface area contributed by atoms with Crippen molar-refractivity contribution in [3.8, 4) is 0 Å². The van der Waals surface area contributed by atoms with E-state index >= 15 is 0 Å². The molecule has 0 unspecified atom stereocenters. The lowest BCUT2D eigenvalue weighted by atomic mass is 10.0. The molecule has 86 valence electrons. The van der Waals surface area contributed by atoms with Crippen LogP contribution in [-0.2, 0) is 0 Å². The first-order valence-corrected chi connectivity index (χ1v) is 6.19. The van der Waals surface area contributed by atoms with Crippen LogP contribution in [0.1, 0.15) is 39.2 Å². The van der Waals surface area contributed by atoms with Gasteiger partial charge in [0.2, 0.25) is 0 Å². The molecule has 0 heterocycles. The van der Waals surface area contributed by atoms with Crippen LogP contribution in [0.3, 0.4) is 0 Å². The van der Waals surface area contributed by atoms with E-state index in [9.17, 15) is 0 Å². The van der Waals surface area contributed by atoms with Crippen molar-refractivity contribution in [1.29, 1.82) is 0 Å². The molecule has 0 saturated heterocycles. The Kier molecular flexibility index (Phi) is 5.34. The molecule has 0 aliphatic carbocycles. The van der Waals surface area contributed by atoms with E-state index in [0.717, 1.165) is 23.4 Å². The highest BCUT2D eigenvalue weighted by Crippen LogP contribution is 2.30. The smallest absolute Gasteiger partial charge is 0.0470 e. The van der Waals surface area contributed by atoms with E-state index < -0.39 is 0 Å². The Labute approximate surface area is 104 Å². The summed E-state index contributed by atoms with van der Waals surface area (Å²) in [7, 11) is 0. The Hall–Kier alpha value is -1.01. The van der Waals surface area contributed by atoms with Crippen molar-refractivity contribution < 1.29 is 0 Å². The van der Waals surface area contributed by atoms with Crippen LogP contribution in [0.25, 0.3) is 5.57 Å². The quantitative estimate of drug-likeness (QED) is 0.612. The maximum atomic E-state index is 6.42. The molecule has 0 spiro atoms. The van der Waals surface area contributed by atoms with Crippen molar-refractivity contribution in [3.05, 3.63) is 52.6 Å². The van der Waals surface area contributed by atoms with Gasteiger partial charge in [0.1, 0.15) is 0 Å². The lowest BCUT2D eigenvalue weighted by Crippen LogP contribution is -1.88. The number of hydrogen-bond donors (Lipinski definition) is 0. The molecule has 0 radical (unpaired) electrons. The number of halogens is 1. The summed E-state index contributed by atoms with van der Waals surface area (Å²) in [5.41, 5.74) is 3.59. The van der Waals surface area contributed by atoms with E-state index in [1.165, 1.54) is 11.1 Å². The molecule has 0 saturated carbocycles. The van der Waals surface area contributed by atoms with Crippen molar-refractivity contribution in [2.24, 2.45) is 0 Å². The molecule has 0 bridgehead atoms. The molecule has 0 nitrogen and oxygen atoms in total. The molecule has 0 aromatic heterocycles. The average Bonchev–Trinajstić information content (AvgIpc) is 2.35. The summed E-state index contributed by atoms with van der Waals surface area (Å²) >= 11 is 6.42. The van der Waals surface area contributed by atoms with Gasteiger partial charge in [-0.3, -0.25) is 0 Å². The molecular formula is C15H19Cl. The van der Waals surface area contributed by atoms with Gasteiger partial charge in [-0.1, -0.05) is 67.4 Å². The number of allylic oxidation sites excluding steroid dienone is 4. The van der Waals surface area contributed by atoms with Gasteiger partial charge in [-0.15, -0.1) is 0 Å². The van der Waals surface area contributed by atoms with Gasteiger partial charge >= 0.3 is 0 Å². The van der Waals surface area contributed by atoms with Gasteiger partial charge in [-0.25, -0.2) is 0 Å². The summed E-state index contributed by atoms with van der Waals surface area (Å²) in [4.78, 5) is 0. The number of benzene rings is 1. The maximum absolute atomic E-state index is 6.42. The third kappa shape index (κ3) is 3.24. The molecule has 1 aromatic rings. The van der Waals surface area contributed by atoms with Crippen LogP contribution in [0.2, 0.25) is 0 Å². The molecule has 0 amide bonds. The summed E-state index contributed by atoms with van der Waals surface area (Å²) in [5, 5.41) is 0.899. The number of rotatable bonds is 4. The van der Waals surface area contributed by atoms with Gasteiger partial charge in [0, 0.05) is 5.03 Å². The Morgan fingerprint density at radius 1 is 1.19 bits per heavy atom. The van der Waals surface area contributed by atoms with E-state index in [0.29, 0.717) is 0 Å². The van der Waals surface area contributed by atoms with Crippen molar-refractivity contribution in [2.75, 3.05) is 0 Å². The van der Waals surface area contributed by atoms with Crippen molar-refractivity contribution >= 4 is 17.2 Å². The zero-order chi connectivity index (χ0) is 12.0. The lowest BCUT2D eigenvalue weighted by Gasteiger charge is -2.09. The van der Waals surface area contributed by atoms with Gasteiger partial charge in [-0.05, 0) is 30.9 Å². The molecule has 0 atom stereocenters. The highest BCUT2D eigenvalue weighted by Gasteiger charge is 2.07. The van der Waals surface area contributed by atoms with Crippen LogP contribution in [0, 0.1) is 0 Å². The van der Waals surface area contributed by atoms with Gasteiger partial charge in [0.15, 0.2) is 0 Å². The Bertz CT molecular complexity index is 385. The first kappa shape index (κ1) is 13.1. The minimum absolute atomic E-state index is 0.899. The van der Waals surface area contributed by atoms with E-state index in [4.69, 9.17) is 11.6 Å². The zero-order valence-electron chi connectivity index (χ0n) is 10.3. The fourth-order valence-corrected chi connectivity index (χ4v) is 1.86. The summed E-state index contributed by atoms with van der Waals surface area (Å²) < 4.78 is 0. The van der Waals surface area contributed by atoms with Gasteiger partial charge in [0.25, 0.3) is 0 Å². The Morgan fingerprint density at radius 2 is 1.81 bits per heavy atom. The Morgan fingerprint density at radius 3 is 2.31 bits per heavy atom. The Balaban J connectivity index is 3.17. The molecular weight excluding hydrogens is 216 g/mol. The second-order valence-electron chi connectivity index (χ2n) is 3.84. The van der Waals surface area contributed by atoms with E-state index in [2.05, 4.69) is 39.0 Å². The summed E-state index contributed by atoms with van der Waals surface area (Å²) in [6.45, 7) is 6.36. The topological polar surface area (TPSA) is 0 Å². The SMILES string of the molecule is CC/C=C(\C(Cl)=C(\C)CC)c1ccccc1. The van der Waals surface area contributed by atoms with Crippen LogP contribution < -0.4 is 0 Å². The predicted octanol–water partition coefficient (Wildman–Crippen LogP) is 5.40. The van der Waals surface area contributed by atoms with E-state index in [-0.39, 0.29) is 0 Å². The van der Waals surface area contributed by atoms with Crippen LogP contribution in [0.15, 0.2) is 47.0 Å². The normalized spacial score (nSPS) is 13.6. The highest BCUT2D eigenvalue weighted by atomic mass is 35.5. The second-order valence-corrected chi connectivity index (χ2v) is 4.22. The van der Waals surface area contributed by atoms with E-state index in [1.807, 2.05) is 18.2 Å². The van der Waals surface area contributed by atoms with Gasteiger partial charge in [-0.2, -0.15) is 0 Å². The van der Waals surface area contributed by atoms with Gasteiger partial charge < -0.3 is 0 Å². The molecule has 1 rings (SSSR count). The maximum Gasteiger partial charge on any atom is 0.0470 e. The highest BCUT2D eigenvalue weighted by molar-refractivity contribution is 6.37. The van der Waals surface area contributed by atoms with Crippen LogP contribution in [0.4, 0.5) is 0 Å². The summed E-state index contributed by atoms with van der Waals surface area (Å²) in [6.07, 6.45) is 4.18. The van der Waals surface area contributed by atoms with Gasteiger partial charge in [0.05, 0.1) is 0 Å². The lowest BCUT2D eigenvalue weighted by molar-refractivity contribution is 1.09. The average molecular weight is 235 g/mol. The molecule has 1 aromatic carbocycles. The summed E-state index contributed by atoms with van der Waals surface area (Å²) in [5.74, 6) is 0. The molecule has 0 N–H and O–H groups in total. The molecule has 16 heavy (non-hydrogen) atoms. The molecule has 1 heteroatoms. The fourth-order valence-electron chi connectivity index (χ4n) is 1.54. The molecule has 0 aliphatic rings. The predicted molar refractivity (Wildman–Crippen MR) is 73.6 cm³/mol. The van der Waals surface area contributed by atoms with Crippen LogP contribution >= 0.6 is 11.6 Å². The first-order valence-electron chi connectivity index (χ1n) is 5.81. The van der Waals surface area contributed by atoms with Crippen molar-refractivity contribution in [1.82, 2.24) is 0 Å². The number of hydrogen-bond acceptors (Lipinski definition) is 0. The van der Waals surface area contributed by atoms with Crippen molar-refractivity contribution in [2.45, 2.75) is 33.6 Å². The monoisotopic (exact) mass is 234 g/mol. The first-order chi connectivity index (χ1) is 7.70. The minimum atomic E-state index is 0.899. The minimum Gasteiger partial charge on any atom is -0.0837 e. The molecule has 0 aliphatic heterocycles. The third-order valence-electron chi connectivity index (χ3n) is 2.63. The molecule has 0 fully saturated rings.